The highest BCUT2D eigenvalue weighted by molar-refractivity contribution is 7.80. The minimum Gasteiger partial charge on any atom is -0.489 e. The van der Waals surface area contributed by atoms with E-state index in [1.54, 1.807) is 6.07 Å². The second kappa shape index (κ2) is 6.01. The normalized spacial score (nSPS) is 10.3. The van der Waals surface area contributed by atoms with Crippen LogP contribution in [0.4, 0.5) is 4.39 Å². The van der Waals surface area contributed by atoms with Gasteiger partial charge in [0.1, 0.15) is 23.2 Å². The molecular formula is C16H16FNOS. The number of ether oxygens (including phenoxy) is 1. The van der Waals surface area contributed by atoms with E-state index in [4.69, 9.17) is 22.7 Å². The van der Waals surface area contributed by atoms with E-state index in [0.29, 0.717) is 11.1 Å². The zero-order valence-corrected chi connectivity index (χ0v) is 12.3. The molecule has 0 aromatic heterocycles. The summed E-state index contributed by atoms with van der Waals surface area (Å²) < 4.78 is 19.0. The highest BCUT2D eigenvalue weighted by Crippen LogP contribution is 2.19. The highest BCUT2D eigenvalue weighted by atomic mass is 32.1. The summed E-state index contributed by atoms with van der Waals surface area (Å²) in [5, 5.41) is 0. The minimum atomic E-state index is -0.330. The standard InChI is InChI=1S/C16H16FNOS/c1-10-5-11(2)7-14(6-10)19-9-12-8-13(17)3-4-15(12)16(18)20/h3-8H,9H2,1-2H3,(H2,18,20). The van der Waals surface area contributed by atoms with Gasteiger partial charge in [-0.05, 0) is 55.3 Å². The van der Waals surface area contributed by atoms with Crippen molar-refractivity contribution in [2.45, 2.75) is 20.5 Å². The van der Waals surface area contributed by atoms with Crippen molar-refractivity contribution in [3.8, 4) is 5.75 Å². The lowest BCUT2D eigenvalue weighted by molar-refractivity contribution is 0.305. The fourth-order valence-electron chi connectivity index (χ4n) is 2.10. The van der Waals surface area contributed by atoms with Crippen LogP contribution in [-0.4, -0.2) is 4.99 Å². The average Bonchev–Trinajstić information content (AvgIpc) is 2.35. The summed E-state index contributed by atoms with van der Waals surface area (Å²) in [6.45, 7) is 4.23. The summed E-state index contributed by atoms with van der Waals surface area (Å²) in [5.41, 5.74) is 9.17. The molecule has 0 heterocycles. The third-order valence-corrected chi connectivity index (χ3v) is 3.14. The molecule has 0 atom stereocenters. The van der Waals surface area contributed by atoms with E-state index >= 15 is 0 Å². The Morgan fingerprint density at radius 3 is 2.40 bits per heavy atom. The van der Waals surface area contributed by atoms with E-state index in [9.17, 15) is 4.39 Å². The van der Waals surface area contributed by atoms with Crippen molar-refractivity contribution in [3.63, 3.8) is 0 Å². The second-order valence-corrected chi connectivity index (χ2v) is 5.22. The molecule has 0 amide bonds. The number of benzene rings is 2. The van der Waals surface area contributed by atoms with Crippen LogP contribution in [0.3, 0.4) is 0 Å². The van der Waals surface area contributed by atoms with Gasteiger partial charge in [-0.3, -0.25) is 0 Å². The quantitative estimate of drug-likeness (QED) is 0.873. The highest BCUT2D eigenvalue weighted by Gasteiger charge is 2.08. The van der Waals surface area contributed by atoms with Crippen molar-refractivity contribution in [1.82, 2.24) is 0 Å². The number of hydrogen-bond acceptors (Lipinski definition) is 2. The summed E-state index contributed by atoms with van der Waals surface area (Å²) in [6, 6.07) is 10.3. The molecule has 2 aromatic carbocycles. The van der Waals surface area contributed by atoms with E-state index in [-0.39, 0.29) is 17.4 Å². The molecule has 0 aliphatic carbocycles. The van der Waals surface area contributed by atoms with Gasteiger partial charge in [0.05, 0.1) is 0 Å². The maximum absolute atomic E-state index is 13.3. The van der Waals surface area contributed by atoms with Crippen molar-refractivity contribution in [2.75, 3.05) is 0 Å². The van der Waals surface area contributed by atoms with Crippen molar-refractivity contribution in [1.29, 1.82) is 0 Å². The lowest BCUT2D eigenvalue weighted by Crippen LogP contribution is -2.13. The van der Waals surface area contributed by atoms with Gasteiger partial charge in [0, 0.05) is 11.1 Å². The Morgan fingerprint density at radius 2 is 1.80 bits per heavy atom. The first-order valence-corrected chi connectivity index (χ1v) is 6.66. The summed E-state index contributed by atoms with van der Waals surface area (Å²) >= 11 is 4.97. The Kier molecular flexibility index (Phi) is 4.35. The average molecular weight is 289 g/mol. The minimum absolute atomic E-state index is 0.229. The Labute approximate surface area is 123 Å². The van der Waals surface area contributed by atoms with Gasteiger partial charge in [-0.15, -0.1) is 0 Å². The summed E-state index contributed by atoms with van der Waals surface area (Å²) in [7, 11) is 0. The maximum atomic E-state index is 13.3. The van der Waals surface area contributed by atoms with E-state index in [0.717, 1.165) is 16.9 Å². The number of thiocarbonyl (C=S) groups is 1. The monoisotopic (exact) mass is 289 g/mol. The molecule has 0 spiro atoms. The van der Waals surface area contributed by atoms with Gasteiger partial charge in [0.2, 0.25) is 0 Å². The van der Waals surface area contributed by atoms with Crippen LogP contribution in [0.2, 0.25) is 0 Å². The summed E-state index contributed by atoms with van der Waals surface area (Å²) in [6.07, 6.45) is 0. The molecule has 0 aliphatic heterocycles. The van der Waals surface area contributed by atoms with Crippen molar-refractivity contribution in [2.24, 2.45) is 5.73 Å². The Bertz CT molecular complexity index is 635. The van der Waals surface area contributed by atoms with Gasteiger partial charge in [0.15, 0.2) is 0 Å². The van der Waals surface area contributed by atoms with E-state index in [1.807, 2.05) is 26.0 Å². The van der Waals surface area contributed by atoms with Crippen molar-refractivity contribution in [3.05, 3.63) is 64.5 Å². The van der Waals surface area contributed by atoms with Gasteiger partial charge in [0.25, 0.3) is 0 Å². The fraction of sp³-hybridized carbons (Fsp3) is 0.188. The van der Waals surface area contributed by atoms with Crippen LogP contribution >= 0.6 is 12.2 Å². The van der Waals surface area contributed by atoms with Crippen LogP contribution in [0.5, 0.6) is 5.75 Å². The number of hydrogen-bond donors (Lipinski definition) is 1. The smallest absolute Gasteiger partial charge is 0.123 e. The predicted molar refractivity (Wildman–Crippen MR) is 82.5 cm³/mol. The van der Waals surface area contributed by atoms with E-state index in [1.165, 1.54) is 12.1 Å². The molecule has 0 bridgehead atoms. The predicted octanol–water partition coefficient (Wildman–Crippen LogP) is 3.66. The van der Waals surface area contributed by atoms with Gasteiger partial charge < -0.3 is 10.5 Å². The molecule has 0 aliphatic rings. The fourth-order valence-corrected chi connectivity index (χ4v) is 2.30. The molecule has 0 saturated carbocycles. The lowest BCUT2D eigenvalue weighted by atomic mass is 10.1. The molecule has 0 fully saturated rings. The van der Waals surface area contributed by atoms with Crippen LogP contribution in [0.25, 0.3) is 0 Å². The van der Waals surface area contributed by atoms with E-state index in [2.05, 4.69) is 6.07 Å². The van der Waals surface area contributed by atoms with Gasteiger partial charge in [-0.25, -0.2) is 4.39 Å². The molecular weight excluding hydrogens is 273 g/mol. The first-order chi connectivity index (χ1) is 9.45. The van der Waals surface area contributed by atoms with Crippen LogP contribution in [-0.2, 0) is 6.61 Å². The summed E-state index contributed by atoms with van der Waals surface area (Å²) in [5.74, 6) is 0.421. The molecule has 104 valence electrons. The molecule has 2 nitrogen and oxygen atoms in total. The number of aryl methyl sites for hydroxylation is 2. The van der Waals surface area contributed by atoms with Crippen molar-refractivity contribution < 1.29 is 9.13 Å². The van der Waals surface area contributed by atoms with Crippen molar-refractivity contribution >= 4 is 17.2 Å². The third-order valence-electron chi connectivity index (χ3n) is 2.92. The Hall–Kier alpha value is -1.94. The van der Waals surface area contributed by atoms with Crippen LogP contribution in [0.1, 0.15) is 22.3 Å². The van der Waals surface area contributed by atoms with Gasteiger partial charge in [-0.2, -0.15) is 0 Å². The Balaban J connectivity index is 2.22. The van der Waals surface area contributed by atoms with Crippen LogP contribution in [0.15, 0.2) is 36.4 Å². The zero-order chi connectivity index (χ0) is 14.7. The van der Waals surface area contributed by atoms with Gasteiger partial charge in [-0.1, -0.05) is 18.3 Å². The SMILES string of the molecule is Cc1cc(C)cc(OCc2cc(F)ccc2C(N)=S)c1. The zero-order valence-electron chi connectivity index (χ0n) is 11.4. The maximum Gasteiger partial charge on any atom is 0.123 e. The molecule has 20 heavy (non-hydrogen) atoms. The molecule has 2 N–H and O–H groups in total. The van der Waals surface area contributed by atoms with Gasteiger partial charge >= 0.3 is 0 Å². The number of halogens is 1. The number of nitrogens with two attached hydrogens (primary N) is 1. The molecule has 0 unspecified atom stereocenters. The Morgan fingerprint density at radius 1 is 1.15 bits per heavy atom. The van der Waals surface area contributed by atoms with Crippen LogP contribution in [0, 0.1) is 19.7 Å². The molecule has 0 radical (unpaired) electrons. The number of rotatable bonds is 4. The van der Waals surface area contributed by atoms with Crippen LogP contribution < -0.4 is 10.5 Å². The molecule has 4 heteroatoms. The third kappa shape index (κ3) is 3.54. The molecule has 2 rings (SSSR count). The largest absolute Gasteiger partial charge is 0.489 e. The summed E-state index contributed by atoms with van der Waals surface area (Å²) in [4.78, 5) is 0.240. The first kappa shape index (κ1) is 14.5. The molecule has 0 saturated heterocycles. The molecule has 2 aromatic rings. The lowest BCUT2D eigenvalue weighted by Gasteiger charge is -2.11. The topological polar surface area (TPSA) is 35.2 Å². The first-order valence-electron chi connectivity index (χ1n) is 6.25. The second-order valence-electron chi connectivity index (χ2n) is 4.78. The van der Waals surface area contributed by atoms with E-state index < -0.39 is 0 Å².